The van der Waals surface area contributed by atoms with Crippen molar-refractivity contribution >= 4 is 34.6 Å². The van der Waals surface area contributed by atoms with Gasteiger partial charge < -0.3 is 14.5 Å². The molecule has 8 nitrogen and oxygen atoms in total. The zero-order chi connectivity index (χ0) is 19.4. The summed E-state index contributed by atoms with van der Waals surface area (Å²) in [5.41, 5.74) is 1.66. The Morgan fingerprint density at radius 3 is 2.63 bits per heavy atom. The Kier molecular flexibility index (Phi) is 5.28. The smallest absolute Gasteiger partial charge is 0.280 e. The summed E-state index contributed by atoms with van der Waals surface area (Å²) >= 11 is 1.09. The SMILES string of the molecule is COc1cc(/C=C(\C#N)Sc2nc3ccccc3[nH]2)c([N+](=O)[O-])cc1OC. The second-order valence-corrected chi connectivity index (χ2v) is 6.34. The summed E-state index contributed by atoms with van der Waals surface area (Å²) in [5, 5.41) is 21.4. The summed E-state index contributed by atoms with van der Waals surface area (Å²) in [4.78, 5) is 18.6. The maximum absolute atomic E-state index is 11.4. The molecule has 0 saturated carbocycles. The third-order valence-electron chi connectivity index (χ3n) is 3.70. The number of rotatable bonds is 6. The number of nitriles is 1. The topological polar surface area (TPSA) is 114 Å². The van der Waals surface area contributed by atoms with Crippen molar-refractivity contribution in [3.05, 3.63) is 57.0 Å². The molecule has 0 bridgehead atoms. The molecule has 0 saturated heterocycles. The number of para-hydroxylation sites is 2. The van der Waals surface area contributed by atoms with E-state index in [-0.39, 0.29) is 21.9 Å². The number of nitro groups is 1. The fraction of sp³-hybridized carbons (Fsp3) is 0.111. The molecule has 27 heavy (non-hydrogen) atoms. The lowest BCUT2D eigenvalue weighted by atomic mass is 10.1. The fourth-order valence-electron chi connectivity index (χ4n) is 2.47. The van der Waals surface area contributed by atoms with Gasteiger partial charge in [0.2, 0.25) is 0 Å². The van der Waals surface area contributed by atoms with Crippen molar-refractivity contribution in [1.29, 1.82) is 5.26 Å². The molecule has 0 amide bonds. The van der Waals surface area contributed by atoms with Crippen LogP contribution in [0, 0.1) is 21.4 Å². The monoisotopic (exact) mass is 382 g/mol. The van der Waals surface area contributed by atoms with Crippen LogP contribution in [0.25, 0.3) is 17.1 Å². The Morgan fingerprint density at radius 1 is 1.30 bits per heavy atom. The molecule has 0 aliphatic carbocycles. The van der Waals surface area contributed by atoms with Gasteiger partial charge in [0, 0.05) is 0 Å². The molecule has 9 heteroatoms. The predicted molar refractivity (Wildman–Crippen MR) is 102 cm³/mol. The molecule has 0 aliphatic heterocycles. The van der Waals surface area contributed by atoms with Crippen molar-refractivity contribution in [2.45, 2.75) is 5.16 Å². The lowest BCUT2D eigenvalue weighted by molar-refractivity contribution is -0.385. The number of ether oxygens (including phenoxy) is 2. The molecule has 2 aromatic carbocycles. The van der Waals surface area contributed by atoms with E-state index < -0.39 is 4.92 Å². The molecule has 1 aromatic heterocycles. The number of thioether (sulfide) groups is 1. The number of benzene rings is 2. The van der Waals surface area contributed by atoms with Gasteiger partial charge in [-0.05, 0) is 36.0 Å². The lowest BCUT2D eigenvalue weighted by Gasteiger charge is -2.09. The number of methoxy groups -OCH3 is 2. The van der Waals surface area contributed by atoms with Crippen molar-refractivity contribution in [2.75, 3.05) is 14.2 Å². The Labute approximate surface area is 158 Å². The summed E-state index contributed by atoms with van der Waals surface area (Å²) < 4.78 is 10.3. The number of nitrogens with zero attached hydrogens (tertiary/aromatic N) is 3. The van der Waals surface area contributed by atoms with Gasteiger partial charge in [-0.2, -0.15) is 5.26 Å². The second kappa shape index (κ2) is 7.80. The van der Waals surface area contributed by atoms with Gasteiger partial charge in [-0.1, -0.05) is 12.1 Å². The van der Waals surface area contributed by atoms with Crippen molar-refractivity contribution in [3.8, 4) is 17.6 Å². The third kappa shape index (κ3) is 3.86. The molecule has 0 aliphatic rings. The average Bonchev–Trinajstić information content (AvgIpc) is 3.09. The average molecular weight is 382 g/mol. The number of allylic oxidation sites excluding steroid dienone is 1. The Balaban J connectivity index is 2.01. The highest BCUT2D eigenvalue weighted by Crippen LogP contribution is 2.37. The van der Waals surface area contributed by atoms with Gasteiger partial charge in [-0.25, -0.2) is 4.98 Å². The van der Waals surface area contributed by atoms with Gasteiger partial charge in [0.1, 0.15) is 6.07 Å². The zero-order valence-electron chi connectivity index (χ0n) is 14.4. The summed E-state index contributed by atoms with van der Waals surface area (Å²) in [7, 11) is 2.83. The van der Waals surface area contributed by atoms with Crippen molar-refractivity contribution < 1.29 is 14.4 Å². The molecule has 136 valence electrons. The number of hydrogen-bond acceptors (Lipinski definition) is 7. The van der Waals surface area contributed by atoms with Gasteiger partial charge in [-0.15, -0.1) is 0 Å². The van der Waals surface area contributed by atoms with Gasteiger partial charge in [0.25, 0.3) is 5.69 Å². The summed E-state index contributed by atoms with van der Waals surface area (Å²) in [6.45, 7) is 0. The summed E-state index contributed by atoms with van der Waals surface area (Å²) in [6, 6.07) is 12.3. The molecule has 1 heterocycles. The molecular formula is C18H14N4O4S. The summed E-state index contributed by atoms with van der Waals surface area (Å²) in [6.07, 6.45) is 1.43. The lowest BCUT2D eigenvalue weighted by Crippen LogP contribution is -1.97. The van der Waals surface area contributed by atoms with Crippen LogP contribution < -0.4 is 9.47 Å². The van der Waals surface area contributed by atoms with Crippen LogP contribution in [0.1, 0.15) is 5.56 Å². The van der Waals surface area contributed by atoms with Crippen LogP contribution in [0.2, 0.25) is 0 Å². The van der Waals surface area contributed by atoms with E-state index in [1.807, 2.05) is 30.3 Å². The highest BCUT2D eigenvalue weighted by Gasteiger charge is 2.19. The van der Waals surface area contributed by atoms with Crippen LogP contribution in [0.5, 0.6) is 11.5 Å². The predicted octanol–water partition coefficient (Wildman–Crippen LogP) is 4.15. The number of fused-ring (bicyclic) bond motifs is 1. The standard InChI is InChI=1S/C18H14N4O4S/c1-25-16-8-11(15(22(23)24)9-17(16)26-2)7-12(10-19)27-18-20-13-5-3-4-6-14(13)21-18/h3-9H,1-2H3,(H,20,21)/b12-7+. The maximum atomic E-state index is 11.4. The van der Waals surface area contributed by atoms with Crippen LogP contribution in [0.3, 0.4) is 0 Å². The quantitative estimate of drug-likeness (QED) is 0.295. The molecule has 3 rings (SSSR count). The van der Waals surface area contributed by atoms with Crippen LogP contribution >= 0.6 is 11.8 Å². The molecular weight excluding hydrogens is 368 g/mol. The minimum Gasteiger partial charge on any atom is -0.493 e. The number of aromatic amines is 1. The first-order valence-electron chi connectivity index (χ1n) is 7.70. The van der Waals surface area contributed by atoms with Gasteiger partial charge in [0.15, 0.2) is 16.7 Å². The van der Waals surface area contributed by atoms with Gasteiger partial charge >= 0.3 is 0 Å². The van der Waals surface area contributed by atoms with E-state index in [1.54, 1.807) is 0 Å². The van der Waals surface area contributed by atoms with Crippen LogP contribution in [-0.4, -0.2) is 29.1 Å². The van der Waals surface area contributed by atoms with E-state index in [4.69, 9.17) is 9.47 Å². The zero-order valence-corrected chi connectivity index (χ0v) is 15.2. The number of imidazole rings is 1. The largest absolute Gasteiger partial charge is 0.493 e. The van der Waals surface area contributed by atoms with E-state index in [0.29, 0.717) is 10.9 Å². The molecule has 0 atom stereocenters. The number of hydrogen-bond donors (Lipinski definition) is 1. The molecule has 1 N–H and O–H groups in total. The first-order valence-corrected chi connectivity index (χ1v) is 8.52. The van der Waals surface area contributed by atoms with E-state index >= 15 is 0 Å². The van der Waals surface area contributed by atoms with Gasteiger partial charge in [-0.3, -0.25) is 10.1 Å². The number of nitrogens with one attached hydrogen (secondary N) is 1. The first-order chi connectivity index (χ1) is 13.0. The van der Waals surface area contributed by atoms with Crippen LogP contribution in [0.4, 0.5) is 5.69 Å². The molecule has 0 radical (unpaired) electrons. The number of aromatic nitrogens is 2. The molecule has 3 aromatic rings. The first kappa shape index (κ1) is 18.3. The molecule has 0 fully saturated rings. The fourth-order valence-corrected chi connectivity index (χ4v) is 3.21. The normalized spacial score (nSPS) is 11.2. The highest BCUT2D eigenvalue weighted by molar-refractivity contribution is 8.03. The summed E-state index contributed by atoms with van der Waals surface area (Å²) in [5.74, 6) is 0.574. The number of nitro benzene ring substituents is 1. The number of H-pyrrole nitrogens is 1. The van der Waals surface area contributed by atoms with E-state index in [0.717, 1.165) is 22.8 Å². The van der Waals surface area contributed by atoms with E-state index in [1.165, 1.54) is 32.4 Å². The third-order valence-corrected chi connectivity index (χ3v) is 4.52. The minimum atomic E-state index is -0.533. The maximum Gasteiger partial charge on any atom is 0.280 e. The molecule has 0 spiro atoms. The van der Waals surface area contributed by atoms with E-state index in [9.17, 15) is 15.4 Å². The van der Waals surface area contributed by atoms with Crippen LogP contribution in [0.15, 0.2) is 46.5 Å². The minimum absolute atomic E-state index is 0.189. The molecule has 0 unspecified atom stereocenters. The Bertz CT molecular complexity index is 1050. The Morgan fingerprint density at radius 2 is 2.00 bits per heavy atom. The van der Waals surface area contributed by atoms with Gasteiger partial charge in [0.05, 0.1) is 46.7 Å². The highest BCUT2D eigenvalue weighted by atomic mass is 32.2. The van der Waals surface area contributed by atoms with Crippen molar-refractivity contribution in [2.24, 2.45) is 0 Å². The van der Waals surface area contributed by atoms with E-state index in [2.05, 4.69) is 9.97 Å². The van der Waals surface area contributed by atoms with Crippen LogP contribution in [-0.2, 0) is 0 Å². The Hall–Kier alpha value is -3.51. The van der Waals surface area contributed by atoms with Crippen molar-refractivity contribution in [1.82, 2.24) is 9.97 Å². The van der Waals surface area contributed by atoms with Crippen molar-refractivity contribution in [3.63, 3.8) is 0 Å². The second-order valence-electron chi connectivity index (χ2n) is 5.30.